The van der Waals surface area contributed by atoms with Crippen LogP contribution in [0.5, 0.6) is 5.75 Å². The lowest BCUT2D eigenvalue weighted by molar-refractivity contribution is -0.137. The molecule has 0 saturated carbocycles. The molecule has 0 amide bonds. The molecule has 1 fully saturated rings. The van der Waals surface area contributed by atoms with Gasteiger partial charge >= 0.3 is 5.97 Å². The van der Waals surface area contributed by atoms with Crippen LogP contribution in [0.15, 0.2) is 48.5 Å². The van der Waals surface area contributed by atoms with Crippen LogP contribution in [0.25, 0.3) is 11.1 Å². The first-order valence-electron chi connectivity index (χ1n) is 8.32. The van der Waals surface area contributed by atoms with Crippen LogP contribution in [-0.2, 0) is 4.79 Å². The molecule has 128 valence electrons. The second-order valence-electron chi connectivity index (χ2n) is 6.33. The molecule has 5 heteroatoms. The number of carboxylic acid groups (broad SMARTS) is 1. The van der Waals surface area contributed by atoms with Crippen molar-refractivity contribution in [3.8, 4) is 22.9 Å². The van der Waals surface area contributed by atoms with Gasteiger partial charge < -0.3 is 15.2 Å². The first kappa shape index (κ1) is 17.0. The van der Waals surface area contributed by atoms with E-state index in [0.717, 1.165) is 29.8 Å². The van der Waals surface area contributed by atoms with Gasteiger partial charge in [0.1, 0.15) is 12.4 Å². The Balaban J connectivity index is 1.53. The summed E-state index contributed by atoms with van der Waals surface area (Å²) < 4.78 is 5.82. The van der Waals surface area contributed by atoms with E-state index in [1.807, 2.05) is 36.4 Å². The molecule has 25 heavy (non-hydrogen) atoms. The largest absolute Gasteiger partial charge is 0.492 e. The predicted octanol–water partition coefficient (Wildman–Crippen LogP) is 3.06. The monoisotopic (exact) mass is 336 g/mol. The molecule has 0 spiro atoms. The predicted molar refractivity (Wildman–Crippen MR) is 94.2 cm³/mol. The molecule has 0 radical (unpaired) electrons. The Hall–Kier alpha value is -2.84. The van der Waals surface area contributed by atoms with Crippen molar-refractivity contribution in [2.45, 2.75) is 18.9 Å². The Morgan fingerprint density at radius 3 is 2.40 bits per heavy atom. The number of aliphatic carboxylic acids is 1. The van der Waals surface area contributed by atoms with Gasteiger partial charge in [-0.1, -0.05) is 24.3 Å². The second-order valence-corrected chi connectivity index (χ2v) is 6.33. The smallest absolute Gasteiger partial charge is 0.303 e. The van der Waals surface area contributed by atoms with E-state index in [-0.39, 0.29) is 18.4 Å². The molecule has 1 aliphatic rings. The summed E-state index contributed by atoms with van der Waals surface area (Å²) in [7, 11) is 0. The van der Waals surface area contributed by atoms with Crippen LogP contribution in [-0.4, -0.2) is 30.3 Å². The summed E-state index contributed by atoms with van der Waals surface area (Å²) in [5.41, 5.74) is 2.77. The summed E-state index contributed by atoms with van der Waals surface area (Å²) >= 11 is 0. The minimum absolute atomic E-state index is 0.185. The van der Waals surface area contributed by atoms with Crippen LogP contribution in [0.4, 0.5) is 0 Å². The lowest BCUT2D eigenvalue weighted by Gasteiger charge is -2.13. The van der Waals surface area contributed by atoms with Gasteiger partial charge in [0.2, 0.25) is 0 Å². The molecule has 0 unspecified atom stereocenters. The van der Waals surface area contributed by atoms with Crippen LogP contribution in [0.3, 0.4) is 0 Å². The number of ether oxygens (including phenoxy) is 1. The number of hydrogen-bond donors (Lipinski definition) is 2. The van der Waals surface area contributed by atoms with Gasteiger partial charge in [-0.3, -0.25) is 4.79 Å². The van der Waals surface area contributed by atoms with E-state index >= 15 is 0 Å². The molecule has 3 rings (SSSR count). The third-order valence-electron chi connectivity index (χ3n) is 4.43. The summed E-state index contributed by atoms with van der Waals surface area (Å²) in [6, 6.07) is 17.6. The Morgan fingerprint density at radius 2 is 1.80 bits per heavy atom. The average molecular weight is 336 g/mol. The van der Waals surface area contributed by atoms with E-state index in [1.54, 1.807) is 12.1 Å². The average Bonchev–Trinajstić information content (AvgIpc) is 3.07. The summed E-state index contributed by atoms with van der Waals surface area (Å²) in [4.78, 5) is 10.8. The van der Waals surface area contributed by atoms with E-state index in [1.165, 1.54) is 0 Å². The lowest BCUT2D eigenvalue weighted by atomic mass is 10.0. The van der Waals surface area contributed by atoms with Crippen LogP contribution in [0.2, 0.25) is 0 Å². The fraction of sp³-hybridized carbons (Fsp3) is 0.300. The second kappa shape index (κ2) is 7.82. The highest BCUT2D eigenvalue weighted by molar-refractivity contribution is 5.67. The number of nitrogens with one attached hydrogen (secondary N) is 1. The molecule has 0 aliphatic carbocycles. The molecular formula is C20H20N2O3. The van der Waals surface area contributed by atoms with Crippen LogP contribution in [0, 0.1) is 17.2 Å². The molecule has 0 bridgehead atoms. The van der Waals surface area contributed by atoms with Crippen molar-refractivity contribution in [1.29, 1.82) is 5.26 Å². The number of nitrogens with zero attached hydrogens (tertiary/aromatic N) is 1. The van der Waals surface area contributed by atoms with Gasteiger partial charge in [-0.2, -0.15) is 5.26 Å². The molecule has 1 saturated heterocycles. The maximum atomic E-state index is 10.8. The molecule has 5 nitrogen and oxygen atoms in total. The zero-order valence-corrected chi connectivity index (χ0v) is 13.8. The van der Waals surface area contributed by atoms with Gasteiger partial charge in [-0.15, -0.1) is 0 Å². The van der Waals surface area contributed by atoms with Gasteiger partial charge in [-0.25, -0.2) is 0 Å². The number of hydrogen-bond acceptors (Lipinski definition) is 4. The Labute approximate surface area is 146 Å². The fourth-order valence-electron chi connectivity index (χ4n) is 3.11. The zero-order valence-electron chi connectivity index (χ0n) is 13.8. The van der Waals surface area contributed by atoms with Gasteiger partial charge in [0, 0.05) is 12.5 Å². The van der Waals surface area contributed by atoms with Crippen molar-refractivity contribution in [3.05, 3.63) is 54.1 Å². The maximum Gasteiger partial charge on any atom is 0.303 e. The molecule has 2 aromatic rings. The molecular weight excluding hydrogens is 316 g/mol. The highest BCUT2D eigenvalue weighted by Crippen LogP contribution is 2.24. The molecule has 2 N–H and O–H groups in total. The highest BCUT2D eigenvalue weighted by atomic mass is 16.5. The van der Waals surface area contributed by atoms with E-state index in [4.69, 9.17) is 15.1 Å². The molecule has 1 aliphatic heterocycles. The van der Waals surface area contributed by atoms with Gasteiger partial charge in [0.15, 0.2) is 0 Å². The summed E-state index contributed by atoms with van der Waals surface area (Å²) in [6.45, 7) is 1.27. The minimum Gasteiger partial charge on any atom is -0.492 e. The molecule has 1 heterocycles. The summed E-state index contributed by atoms with van der Waals surface area (Å²) in [6.07, 6.45) is 1.04. The fourth-order valence-corrected chi connectivity index (χ4v) is 3.11. The first-order chi connectivity index (χ1) is 12.1. The Kier molecular flexibility index (Phi) is 5.32. The van der Waals surface area contributed by atoms with Crippen molar-refractivity contribution in [2.75, 3.05) is 13.2 Å². The van der Waals surface area contributed by atoms with Crippen molar-refractivity contribution in [2.24, 2.45) is 5.92 Å². The van der Waals surface area contributed by atoms with Crippen molar-refractivity contribution >= 4 is 5.97 Å². The number of carboxylic acids is 1. The third-order valence-corrected chi connectivity index (χ3v) is 4.43. The van der Waals surface area contributed by atoms with Crippen LogP contribution in [0.1, 0.15) is 18.4 Å². The topological polar surface area (TPSA) is 82.3 Å². The molecule has 2 aromatic carbocycles. The number of carbonyl (C=O) groups is 1. The normalized spacial score (nSPS) is 19.3. The number of benzene rings is 2. The van der Waals surface area contributed by atoms with Crippen molar-refractivity contribution in [1.82, 2.24) is 5.32 Å². The van der Waals surface area contributed by atoms with E-state index < -0.39 is 5.97 Å². The van der Waals surface area contributed by atoms with E-state index in [0.29, 0.717) is 12.2 Å². The van der Waals surface area contributed by atoms with E-state index in [2.05, 4.69) is 11.4 Å². The lowest BCUT2D eigenvalue weighted by Crippen LogP contribution is -2.28. The molecule has 0 aromatic heterocycles. The quantitative estimate of drug-likeness (QED) is 0.847. The van der Waals surface area contributed by atoms with Crippen molar-refractivity contribution in [3.63, 3.8) is 0 Å². The number of nitriles is 1. The van der Waals surface area contributed by atoms with Crippen LogP contribution >= 0.6 is 0 Å². The van der Waals surface area contributed by atoms with E-state index in [9.17, 15) is 4.79 Å². The number of rotatable bonds is 6. The third kappa shape index (κ3) is 4.59. The summed E-state index contributed by atoms with van der Waals surface area (Å²) in [5.74, 6) is 0.234. The Bertz CT molecular complexity index is 763. The zero-order chi connectivity index (χ0) is 17.6. The van der Waals surface area contributed by atoms with Crippen LogP contribution < -0.4 is 10.1 Å². The molecule has 2 atom stereocenters. The standard InChI is InChI=1S/C20H20N2O3/c21-11-14-1-3-16(4-2-14)17-5-7-19(8-6-17)25-13-18-9-15(12-22-18)10-20(23)24/h1-8,15,18,22H,9-10,12-13H2,(H,23,24)/t15-,18-/m0/s1. The first-order valence-corrected chi connectivity index (χ1v) is 8.32. The van der Waals surface area contributed by atoms with Gasteiger partial charge in [-0.05, 0) is 54.3 Å². The van der Waals surface area contributed by atoms with Crippen molar-refractivity contribution < 1.29 is 14.6 Å². The highest BCUT2D eigenvalue weighted by Gasteiger charge is 2.26. The summed E-state index contributed by atoms with van der Waals surface area (Å²) in [5, 5.41) is 21.0. The Morgan fingerprint density at radius 1 is 1.16 bits per heavy atom. The maximum absolute atomic E-state index is 10.8. The van der Waals surface area contributed by atoms with Gasteiger partial charge in [0.05, 0.1) is 11.6 Å². The SMILES string of the molecule is N#Cc1ccc(-c2ccc(OC[C@@H]3C[C@@H](CC(=O)O)CN3)cc2)cc1. The minimum atomic E-state index is -0.744. The van der Waals surface area contributed by atoms with Gasteiger partial charge in [0.25, 0.3) is 0 Å².